The van der Waals surface area contributed by atoms with Crippen LogP contribution in [0.3, 0.4) is 0 Å². The minimum atomic E-state index is -0.542. The number of halogens is 1. The van der Waals surface area contributed by atoms with E-state index in [0.29, 0.717) is 27.3 Å². The van der Waals surface area contributed by atoms with Gasteiger partial charge in [0, 0.05) is 17.1 Å². The summed E-state index contributed by atoms with van der Waals surface area (Å²) < 4.78 is 5.25. The molecule has 2 aromatic carbocycles. The zero-order valence-corrected chi connectivity index (χ0v) is 16.4. The van der Waals surface area contributed by atoms with E-state index in [2.05, 4.69) is 15.6 Å². The van der Waals surface area contributed by atoms with Crippen LogP contribution in [0.15, 0.2) is 47.5 Å². The molecule has 8 heteroatoms. The highest BCUT2D eigenvalue weighted by Gasteiger charge is 2.32. The second-order valence-corrected chi connectivity index (χ2v) is 7.50. The largest absolute Gasteiger partial charge is 0.494 e. The van der Waals surface area contributed by atoms with Gasteiger partial charge in [0.25, 0.3) is 0 Å². The lowest BCUT2D eigenvalue weighted by molar-refractivity contribution is -0.122. The summed E-state index contributed by atoms with van der Waals surface area (Å²) in [5.41, 5.74) is 2.14. The van der Waals surface area contributed by atoms with Gasteiger partial charge in [0.05, 0.1) is 7.11 Å². The van der Waals surface area contributed by atoms with Crippen molar-refractivity contribution in [2.24, 2.45) is 4.99 Å². The molecule has 0 aliphatic carbocycles. The summed E-state index contributed by atoms with van der Waals surface area (Å²) in [4.78, 5) is 28.9. The summed E-state index contributed by atoms with van der Waals surface area (Å²) in [5.74, 6) is 0.101. The van der Waals surface area contributed by atoms with Crippen molar-refractivity contribution >= 4 is 51.7 Å². The third-order valence-corrected chi connectivity index (χ3v) is 5.40. The zero-order valence-electron chi connectivity index (χ0n) is 14.8. The maximum atomic E-state index is 12.3. The van der Waals surface area contributed by atoms with Crippen LogP contribution in [-0.4, -0.2) is 29.3 Å². The number of para-hydroxylation sites is 2. The van der Waals surface area contributed by atoms with E-state index in [1.54, 1.807) is 31.4 Å². The topological polar surface area (TPSA) is 79.8 Å². The Balaban J connectivity index is 1.64. The molecule has 1 fully saturated rings. The van der Waals surface area contributed by atoms with Crippen LogP contribution in [-0.2, 0) is 9.59 Å². The van der Waals surface area contributed by atoms with Crippen molar-refractivity contribution in [1.82, 2.24) is 5.32 Å². The van der Waals surface area contributed by atoms with E-state index in [-0.39, 0.29) is 18.2 Å². The second-order valence-electron chi connectivity index (χ2n) is 5.90. The van der Waals surface area contributed by atoms with Gasteiger partial charge in [0.15, 0.2) is 5.17 Å². The Morgan fingerprint density at radius 2 is 2.11 bits per heavy atom. The molecule has 0 unspecified atom stereocenters. The average molecular weight is 404 g/mol. The molecule has 1 heterocycles. The van der Waals surface area contributed by atoms with Gasteiger partial charge < -0.3 is 15.4 Å². The number of rotatable bonds is 5. The molecule has 0 spiro atoms. The number of hydrogen-bond donors (Lipinski definition) is 2. The Bertz CT molecular complexity index is 917. The number of carbonyl (C=O) groups excluding carboxylic acids is 2. The van der Waals surface area contributed by atoms with Gasteiger partial charge in [-0.25, -0.2) is 4.99 Å². The fourth-order valence-electron chi connectivity index (χ4n) is 2.47. The van der Waals surface area contributed by atoms with Gasteiger partial charge in [-0.05, 0) is 36.8 Å². The fourth-order valence-corrected chi connectivity index (χ4v) is 3.64. The van der Waals surface area contributed by atoms with E-state index < -0.39 is 5.25 Å². The Hall–Kier alpha value is -2.51. The molecule has 1 aliphatic heterocycles. The van der Waals surface area contributed by atoms with Crippen LogP contribution in [0.2, 0.25) is 5.02 Å². The van der Waals surface area contributed by atoms with Gasteiger partial charge in [-0.2, -0.15) is 0 Å². The third kappa shape index (κ3) is 4.81. The minimum Gasteiger partial charge on any atom is -0.494 e. The summed E-state index contributed by atoms with van der Waals surface area (Å²) in [6.45, 7) is 1.88. The van der Waals surface area contributed by atoms with Crippen LogP contribution in [0.4, 0.5) is 11.4 Å². The molecule has 27 heavy (non-hydrogen) atoms. The Kier molecular flexibility index (Phi) is 6.03. The number of benzene rings is 2. The van der Waals surface area contributed by atoms with Crippen LogP contribution < -0.4 is 15.4 Å². The van der Waals surface area contributed by atoms with Gasteiger partial charge in [-0.3, -0.25) is 9.59 Å². The van der Waals surface area contributed by atoms with Crippen LogP contribution in [0.1, 0.15) is 12.0 Å². The van der Waals surface area contributed by atoms with Crippen LogP contribution >= 0.6 is 23.4 Å². The molecule has 2 N–H and O–H groups in total. The van der Waals surface area contributed by atoms with Gasteiger partial charge in [0.1, 0.15) is 16.7 Å². The second kappa shape index (κ2) is 8.45. The van der Waals surface area contributed by atoms with E-state index in [1.165, 1.54) is 11.8 Å². The average Bonchev–Trinajstić information content (AvgIpc) is 2.97. The first kappa shape index (κ1) is 19.3. The number of nitrogens with one attached hydrogen (secondary N) is 2. The number of hydrogen-bond acceptors (Lipinski definition) is 5. The number of thioether (sulfide) groups is 1. The molecule has 0 bridgehead atoms. The molecule has 0 aromatic heterocycles. The molecule has 2 aromatic rings. The van der Waals surface area contributed by atoms with Gasteiger partial charge in [0.2, 0.25) is 11.8 Å². The fraction of sp³-hybridized carbons (Fsp3) is 0.211. The molecule has 6 nitrogen and oxygen atoms in total. The lowest BCUT2D eigenvalue weighted by Gasteiger charge is -2.08. The molecule has 140 valence electrons. The first-order chi connectivity index (χ1) is 13.0. The molecule has 3 rings (SSSR count). The SMILES string of the molecule is COc1ccccc1N=C1NC(=O)[C@@H](CC(=O)Nc2ccc(C)c(Cl)c2)S1. The lowest BCUT2D eigenvalue weighted by atomic mass is 10.2. The quantitative estimate of drug-likeness (QED) is 0.793. The van der Waals surface area contributed by atoms with Crippen LogP contribution in [0.5, 0.6) is 5.75 Å². The molecule has 0 saturated carbocycles. The smallest absolute Gasteiger partial charge is 0.240 e. The maximum absolute atomic E-state index is 12.3. The van der Waals surface area contributed by atoms with Gasteiger partial charge in [-0.1, -0.05) is 41.6 Å². The number of ether oxygens (including phenoxy) is 1. The lowest BCUT2D eigenvalue weighted by Crippen LogP contribution is -2.28. The molecule has 0 radical (unpaired) electrons. The predicted octanol–water partition coefficient (Wildman–Crippen LogP) is 3.90. The molecule has 1 aliphatic rings. The van der Waals surface area contributed by atoms with Crippen molar-refractivity contribution in [2.45, 2.75) is 18.6 Å². The summed E-state index contributed by atoms with van der Waals surface area (Å²) in [6.07, 6.45) is 0.0347. The highest BCUT2D eigenvalue weighted by Crippen LogP contribution is 2.30. The number of amidine groups is 1. The number of carbonyl (C=O) groups is 2. The first-order valence-corrected chi connectivity index (χ1v) is 9.47. The molecular weight excluding hydrogens is 386 g/mol. The van der Waals surface area contributed by atoms with Gasteiger partial charge in [-0.15, -0.1) is 0 Å². The molecule has 2 amide bonds. The van der Waals surface area contributed by atoms with Crippen molar-refractivity contribution < 1.29 is 14.3 Å². The number of amides is 2. The van der Waals surface area contributed by atoms with Crippen LogP contribution in [0.25, 0.3) is 0 Å². The van der Waals surface area contributed by atoms with Crippen molar-refractivity contribution in [3.63, 3.8) is 0 Å². The number of nitrogens with zero attached hydrogens (tertiary/aromatic N) is 1. The van der Waals surface area contributed by atoms with Crippen molar-refractivity contribution in [2.75, 3.05) is 12.4 Å². The van der Waals surface area contributed by atoms with E-state index in [9.17, 15) is 9.59 Å². The molecular formula is C19H18ClN3O3S. The minimum absolute atomic E-state index is 0.0347. The monoisotopic (exact) mass is 403 g/mol. The van der Waals surface area contributed by atoms with Gasteiger partial charge >= 0.3 is 0 Å². The predicted molar refractivity (Wildman–Crippen MR) is 109 cm³/mol. The normalized spacial score (nSPS) is 17.7. The Morgan fingerprint density at radius 1 is 1.33 bits per heavy atom. The zero-order chi connectivity index (χ0) is 19.4. The standard InChI is InChI=1S/C19H18ClN3O3S/c1-11-7-8-12(9-13(11)20)21-17(24)10-16-18(25)23-19(27-16)22-14-5-3-4-6-15(14)26-2/h3-9,16H,10H2,1-2H3,(H,21,24)(H,22,23,25)/t16-/m1/s1. The van der Waals surface area contributed by atoms with E-state index >= 15 is 0 Å². The molecule has 1 atom stereocenters. The number of aliphatic imine (C=N–C) groups is 1. The maximum Gasteiger partial charge on any atom is 0.240 e. The number of methoxy groups -OCH3 is 1. The van der Waals surface area contributed by atoms with Crippen LogP contribution in [0, 0.1) is 6.92 Å². The van der Waals surface area contributed by atoms with Crippen molar-refractivity contribution in [3.05, 3.63) is 53.1 Å². The van der Waals surface area contributed by atoms with E-state index in [0.717, 1.165) is 5.56 Å². The van der Waals surface area contributed by atoms with Crippen molar-refractivity contribution in [1.29, 1.82) is 0 Å². The number of anilines is 1. The van der Waals surface area contributed by atoms with Crippen molar-refractivity contribution in [3.8, 4) is 5.75 Å². The third-order valence-electron chi connectivity index (χ3n) is 3.91. The van der Waals surface area contributed by atoms with E-state index in [1.807, 2.05) is 25.1 Å². The Labute approximate surface area is 166 Å². The highest BCUT2D eigenvalue weighted by molar-refractivity contribution is 8.15. The summed E-state index contributed by atoms with van der Waals surface area (Å²) in [7, 11) is 1.56. The Morgan fingerprint density at radius 3 is 2.85 bits per heavy atom. The first-order valence-electron chi connectivity index (χ1n) is 8.21. The highest BCUT2D eigenvalue weighted by atomic mass is 35.5. The summed E-state index contributed by atoms with van der Waals surface area (Å²) >= 11 is 7.29. The summed E-state index contributed by atoms with van der Waals surface area (Å²) in [5, 5.41) is 5.95. The van der Waals surface area contributed by atoms with E-state index in [4.69, 9.17) is 16.3 Å². The number of aryl methyl sites for hydroxylation is 1. The molecule has 1 saturated heterocycles. The summed E-state index contributed by atoms with van der Waals surface area (Å²) in [6, 6.07) is 12.5.